The molecule has 4 rings (SSSR count). The van der Waals surface area contributed by atoms with Crippen molar-refractivity contribution < 1.29 is 8.42 Å². The minimum absolute atomic E-state index is 0.262. The molecule has 0 spiro atoms. The van der Waals surface area contributed by atoms with Crippen LogP contribution in [0.15, 0.2) is 57.7 Å². The van der Waals surface area contributed by atoms with Crippen molar-refractivity contribution in [1.29, 1.82) is 5.26 Å². The van der Waals surface area contributed by atoms with Gasteiger partial charge in [-0.05, 0) is 55.8 Å². The third-order valence-electron chi connectivity index (χ3n) is 4.91. The molecule has 1 fully saturated rings. The minimum atomic E-state index is -3.51. The van der Waals surface area contributed by atoms with Crippen LogP contribution in [-0.2, 0) is 16.6 Å². The Morgan fingerprint density at radius 3 is 2.70 bits per heavy atom. The van der Waals surface area contributed by atoms with E-state index in [1.54, 1.807) is 36.5 Å². The van der Waals surface area contributed by atoms with Crippen LogP contribution >= 0.6 is 11.8 Å². The van der Waals surface area contributed by atoms with Gasteiger partial charge < -0.3 is 4.57 Å². The maximum Gasteiger partial charge on any atom is 0.243 e. The van der Waals surface area contributed by atoms with E-state index in [2.05, 4.69) is 21.3 Å². The molecule has 1 saturated heterocycles. The van der Waals surface area contributed by atoms with Crippen LogP contribution < -0.4 is 0 Å². The van der Waals surface area contributed by atoms with Crippen molar-refractivity contribution >= 4 is 21.8 Å². The van der Waals surface area contributed by atoms with Crippen LogP contribution in [0.25, 0.3) is 11.4 Å². The summed E-state index contributed by atoms with van der Waals surface area (Å²) in [4.78, 5) is 4.53. The molecule has 0 N–H and O–H groups in total. The second-order valence-electron chi connectivity index (χ2n) is 6.76. The Kier molecular flexibility index (Phi) is 5.85. The number of hydrogen-bond acceptors (Lipinski definition) is 7. The van der Waals surface area contributed by atoms with E-state index in [9.17, 15) is 13.7 Å². The highest BCUT2D eigenvalue weighted by Gasteiger charge is 2.27. The number of nitrogens with zero attached hydrogens (tertiary/aromatic N) is 6. The molecule has 154 valence electrons. The van der Waals surface area contributed by atoms with Crippen LogP contribution in [0.3, 0.4) is 0 Å². The predicted octanol–water partition coefficient (Wildman–Crippen LogP) is 3.17. The lowest BCUT2D eigenvalue weighted by Crippen LogP contribution is -2.27. The minimum Gasteiger partial charge on any atom is -0.302 e. The van der Waals surface area contributed by atoms with E-state index in [1.807, 2.05) is 17.6 Å². The van der Waals surface area contributed by atoms with Gasteiger partial charge in [0, 0.05) is 31.4 Å². The number of benzene rings is 1. The first-order valence-corrected chi connectivity index (χ1v) is 11.9. The number of sulfonamides is 1. The van der Waals surface area contributed by atoms with E-state index >= 15 is 0 Å². The Balaban J connectivity index is 1.69. The SMILES string of the molecule is CCn1c(Sc2ncccc2C#N)nnc1-c1cccc(S(=O)(=O)N2CCCC2)c1. The van der Waals surface area contributed by atoms with Crippen molar-refractivity contribution in [2.45, 2.75) is 41.4 Å². The molecule has 1 aliphatic heterocycles. The van der Waals surface area contributed by atoms with Crippen molar-refractivity contribution in [3.8, 4) is 17.5 Å². The van der Waals surface area contributed by atoms with Gasteiger partial charge in [0.2, 0.25) is 10.0 Å². The highest BCUT2D eigenvalue weighted by Crippen LogP contribution is 2.31. The van der Waals surface area contributed by atoms with Gasteiger partial charge in [-0.1, -0.05) is 12.1 Å². The number of pyridine rings is 1. The Hall–Kier alpha value is -2.74. The molecule has 30 heavy (non-hydrogen) atoms. The van der Waals surface area contributed by atoms with Crippen molar-refractivity contribution in [3.63, 3.8) is 0 Å². The van der Waals surface area contributed by atoms with Gasteiger partial charge in [0.1, 0.15) is 11.1 Å². The molecule has 1 aromatic carbocycles. The van der Waals surface area contributed by atoms with Gasteiger partial charge >= 0.3 is 0 Å². The van der Waals surface area contributed by atoms with E-state index in [4.69, 9.17) is 0 Å². The quantitative estimate of drug-likeness (QED) is 0.580. The van der Waals surface area contributed by atoms with Crippen molar-refractivity contribution in [2.24, 2.45) is 0 Å². The topological polar surface area (TPSA) is 105 Å². The highest BCUT2D eigenvalue weighted by molar-refractivity contribution is 7.99. The summed E-state index contributed by atoms with van der Waals surface area (Å²) in [6, 6.07) is 12.4. The van der Waals surface area contributed by atoms with E-state index in [-0.39, 0.29) is 4.90 Å². The first-order chi connectivity index (χ1) is 14.5. The zero-order valence-corrected chi connectivity index (χ0v) is 18.0. The molecule has 1 aliphatic rings. The molecule has 0 unspecified atom stereocenters. The molecule has 0 bridgehead atoms. The van der Waals surface area contributed by atoms with E-state index < -0.39 is 10.0 Å². The molecular formula is C20H20N6O2S2. The van der Waals surface area contributed by atoms with Gasteiger partial charge in [0.25, 0.3) is 0 Å². The Morgan fingerprint density at radius 2 is 1.97 bits per heavy atom. The Labute approximate surface area is 179 Å². The summed E-state index contributed by atoms with van der Waals surface area (Å²) in [5.74, 6) is 0.577. The van der Waals surface area contributed by atoms with Gasteiger partial charge in [0.05, 0.1) is 10.5 Å². The van der Waals surface area contributed by atoms with Crippen molar-refractivity contribution in [3.05, 3.63) is 48.2 Å². The molecule has 0 saturated carbocycles. The second kappa shape index (κ2) is 8.55. The maximum absolute atomic E-state index is 12.9. The molecule has 2 aromatic heterocycles. The van der Waals surface area contributed by atoms with E-state index in [1.165, 1.54) is 16.1 Å². The summed E-state index contributed by atoms with van der Waals surface area (Å²) in [6.07, 6.45) is 3.41. The first-order valence-electron chi connectivity index (χ1n) is 9.61. The summed E-state index contributed by atoms with van der Waals surface area (Å²) in [5.41, 5.74) is 1.14. The molecule has 0 amide bonds. The third kappa shape index (κ3) is 3.84. The molecule has 3 heterocycles. The standard InChI is InChI=1S/C20H20N6O2S2/c1-2-26-18(23-24-20(26)29-19-16(14-21)8-6-10-22-19)15-7-5-9-17(13-15)30(27,28)25-11-3-4-12-25/h5-10,13H,2-4,11-12H2,1H3. The van der Waals surface area contributed by atoms with Crippen LogP contribution in [-0.4, -0.2) is 45.6 Å². The number of aromatic nitrogens is 4. The van der Waals surface area contributed by atoms with Gasteiger partial charge in [-0.2, -0.15) is 9.57 Å². The van der Waals surface area contributed by atoms with Crippen LogP contribution in [0, 0.1) is 11.3 Å². The smallest absolute Gasteiger partial charge is 0.243 e. The monoisotopic (exact) mass is 440 g/mol. The van der Waals surface area contributed by atoms with E-state index in [0.717, 1.165) is 12.8 Å². The average Bonchev–Trinajstić information content (AvgIpc) is 3.45. The molecule has 10 heteroatoms. The molecule has 0 atom stereocenters. The highest BCUT2D eigenvalue weighted by atomic mass is 32.2. The lowest BCUT2D eigenvalue weighted by molar-refractivity contribution is 0.477. The largest absolute Gasteiger partial charge is 0.302 e. The lowest BCUT2D eigenvalue weighted by Gasteiger charge is -2.16. The summed E-state index contributed by atoms with van der Waals surface area (Å²) in [7, 11) is -3.51. The summed E-state index contributed by atoms with van der Waals surface area (Å²) in [5, 5.41) is 19.0. The maximum atomic E-state index is 12.9. The fourth-order valence-corrected chi connectivity index (χ4v) is 5.86. The van der Waals surface area contributed by atoms with Crippen LogP contribution in [0.4, 0.5) is 0 Å². The molecule has 0 radical (unpaired) electrons. The number of nitriles is 1. The predicted molar refractivity (Wildman–Crippen MR) is 112 cm³/mol. The first kappa shape index (κ1) is 20.5. The molecular weight excluding hydrogens is 420 g/mol. The third-order valence-corrected chi connectivity index (χ3v) is 7.81. The van der Waals surface area contributed by atoms with Crippen molar-refractivity contribution in [1.82, 2.24) is 24.1 Å². The van der Waals surface area contributed by atoms with Crippen LogP contribution in [0.1, 0.15) is 25.3 Å². The zero-order chi connectivity index (χ0) is 21.1. The number of rotatable bonds is 6. The Morgan fingerprint density at radius 1 is 1.17 bits per heavy atom. The fourth-order valence-electron chi connectivity index (χ4n) is 3.38. The number of hydrogen-bond donors (Lipinski definition) is 0. The van der Waals surface area contributed by atoms with Gasteiger partial charge in [-0.3, -0.25) is 0 Å². The lowest BCUT2D eigenvalue weighted by atomic mass is 10.2. The second-order valence-corrected chi connectivity index (χ2v) is 9.65. The van der Waals surface area contributed by atoms with Gasteiger partial charge in [-0.25, -0.2) is 13.4 Å². The van der Waals surface area contributed by atoms with E-state index in [0.29, 0.717) is 46.8 Å². The molecule has 0 aliphatic carbocycles. The average molecular weight is 441 g/mol. The van der Waals surface area contributed by atoms with Gasteiger partial charge in [0.15, 0.2) is 11.0 Å². The Bertz CT molecular complexity index is 1210. The van der Waals surface area contributed by atoms with Gasteiger partial charge in [-0.15, -0.1) is 10.2 Å². The summed E-state index contributed by atoms with van der Waals surface area (Å²) >= 11 is 1.26. The van der Waals surface area contributed by atoms with Crippen LogP contribution in [0.5, 0.6) is 0 Å². The fraction of sp³-hybridized carbons (Fsp3) is 0.300. The molecule has 8 nitrogen and oxygen atoms in total. The zero-order valence-electron chi connectivity index (χ0n) is 16.4. The van der Waals surface area contributed by atoms with Crippen LogP contribution in [0.2, 0.25) is 0 Å². The summed E-state index contributed by atoms with van der Waals surface area (Å²) < 4.78 is 29.3. The molecule has 3 aromatic rings. The summed E-state index contributed by atoms with van der Waals surface area (Å²) in [6.45, 7) is 3.67. The van der Waals surface area contributed by atoms with Crippen molar-refractivity contribution in [2.75, 3.05) is 13.1 Å². The normalized spacial score (nSPS) is 14.7.